The molecule has 0 atom stereocenters. The van der Waals surface area contributed by atoms with Gasteiger partial charge in [0.05, 0.1) is 17.6 Å². The van der Waals surface area contributed by atoms with Crippen LogP contribution in [0, 0.1) is 0 Å². The fourth-order valence-corrected chi connectivity index (χ4v) is 1.13. The Kier molecular flexibility index (Phi) is 1.63. The molecule has 0 spiro atoms. The Balaban J connectivity index is 2.66. The van der Waals surface area contributed by atoms with Gasteiger partial charge in [-0.1, -0.05) is 0 Å². The van der Waals surface area contributed by atoms with E-state index in [1.165, 1.54) is 10.8 Å². The molecule has 0 aliphatic rings. The monoisotopic (exact) mass is 176 g/mol. The average molecular weight is 176 g/mol. The zero-order valence-corrected chi connectivity index (χ0v) is 6.77. The molecule has 0 aromatic carbocycles. The van der Waals surface area contributed by atoms with E-state index in [1.54, 1.807) is 24.7 Å². The van der Waals surface area contributed by atoms with Crippen molar-refractivity contribution in [3.8, 4) is 5.69 Å². The number of anilines is 1. The summed E-state index contributed by atoms with van der Waals surface area (Å²) in [5.41, 5.74) is 6.55. The maximum absolute atomic E-state index is 11.2. The zero-order valence-electron chi connectivity index (χ0n) is 6.77. The summed E-state index contributed by atoms with van der Waals surface area (Å²) in [4.78, 5) is 17.6. The molecule has 0 bridgehead atoms. The highest BCUT2D eigenvalue weighted by molar-refractivity contribution is 5.55. The molecule has 2 rings (SSSR count). The predicted molar refractivity (Wildman–Crippen MR) is 48.6 cm³/mol. The molecule has 13 heavy (non-hydrogen) atoms. The number of nitrogens with zero attached hydrogens (tertiary/aromatic N) is 2. The van der Waals surface area contributed by atoms with Crippen LogP contribution in [0.1, 0.15) is 0 Å². The second-order valence-corrected chi connectivity index (χ2v) is 2.57. The van der Waals surface area contributed by atoms with E-state index in [-0.39, 0.29) is 5.69 Å². The van der Waals surface area contributed by atoms with E-state index in [1.807, 2.05) is 0 Å². The van der Waals surface area contributed by atoms with Gasteiger partial charge in [-0.3, -0.25) is 9.55 Å². The third-order valence-corrected chi connectivity index (χ3v) is 1.74. The molecule has 5 heteroatoms. The molecule has 0 saturated heterocycles. The lowest BCUT2D eigenvalue weighted by Crippen LogP contribution is -2.15. The third-order valence-electron chi connectivity index (χ3n) is 1.74. The van der Waals surface area contributed by atoms with Crippen LogP contribution in [-0.2, 0) is 0 Å². The molecule has 3 N–H and O–H groups in total. The Bertz CT molecular complexity index is 471. The highest BCUT2D eigenvalue weighted by Gasteiger charge is 2.02. The highest BCUT2D eigenvalue weighted by Crippen LogP contribution is 2.11. The number of rotatable bonds is 1. The summed E-state index contributed by atoms with van der Waals surface area (Å²) in [6.45, 7) is 0. The minimum atomic E-state index is -0.210. The molecular weight excluding hydrogens is 168 g/mol. The van der Waals surface area contributed by atoms with Gasteiger partial charge in [0.1, 0.15) is 0 Å². The van der Waals surface area contributed by atoms with E-state index in [4.69, 9.17) is 5.73 Å². The van der Waals surface area contributed by atoms with Crippen LogP contribution in [0.4, 0.5) is 5.69 Å². The third kappa shape index (κ3) is 1.20. The fraction of sp³-hybridized carbons (Fsp3) is 0. The number of aromatic nitrogens is 3. The lowest BCUT2D eigenvalue weighted by atomic mass is 10.3. The lowest BCUT2D eigenvalue weighted by molar-refractivity contribution is 0.985. The first-order valence-corrected chi connectivity index (χ1v) is 3.75. The van der Waals surface area contributed by atoms with Gasteiger partial charge in [0.2, 0.25) is 0 Å². The molecule has 0 aliphatic heterocycles. The van der Waals surface area contributed by atoms with Crippen LogP contribution in [0.2, 0.25) is 0 Å². The van der Waals surface area contributed by atoms with E-state index < -0.39 is 0 Å². The van der Waals surface area contributed by atoms with Gasteiger partial charge in [0, 0.05) is 18.6 Å². The number of pyridine rings is 1. The fourth-order valence-electron chi connectivity index (χ4n) is 1.13. The van der Waals surface area contributed by atoms with Gasteiger partial charge in [-0.15, -0.1) is 0 Å². The van der Waals surface area contributed by atoms with Crippen molar-refractivity contribution in [2.75, 3.05) is 5.73 Å². The Labute approximate surface area is 73.8 Å². The minimum absolute atomic E-state index is 0.210. The number of aromatic amines is 1. The Morgan fingerprint density at radius 3 is 3.00 bits per heavy atom. The summed E-state index contributed by atoms with van der Waals surface area (Å²) >= 11 is 0. The average Bonchev–Trinajstić information content (AvgIpc) is 2.52. The van der Waals surface area contributed by atoms with Crippen molar-refractivity contribution in [2.24, 2.45) is 0 Å². The van der Waals surface area contributed by atoms with E-state index in [0.29, 0.717) is 11.4 Å². The van der Waals surface area contributed by atoms with Gasteiger partial charge in [0.15, 0.2) is 0 Å². The number of H-pyrrole nitrogens is 1. The van der Waals surface area contributed by atoms with Crippen LogP contribution in [0.15, 0.2) is 35.6 Å². The van der Waals surface area contributed by atoms with E-state index >= 15 is 0 Å². The first-order chi connectivity index (χ1) is 6.29. The van der Waals surface area contributed by atoms with E-state index in [2.05, 4.69) is 9.97 Å². The van der Waals surface area contributed by atoms with Crippen molar-refractivity contribution in [2.45, 2.75) is 0 Å². The number of imidazole rings is 1. The van der Waals surface area contributed by atoms with Crippen molar-refractivity contribution in [1.82, 2.24) is 14.5 Å². The molecule has 66 valence electrons. The van der Waals surface area contributed by atoms with Crippen LogP contribution in [0.25, 0.3) is 5.69 Å². The van der Waals surface area contributed by atoms with Gasteiger partial charge >= 0.3 is 5.69 Å². The summed E-state index contributed by atoms with van der Waals surface area (Å²) in [6, 6.07) is 1.69. The Hall–Kier alpha value is -2.04. The van der Waals surface area contributed by atoms with Crippen molar-refractivity contribution in [3.05, 3.63) is 41.3 Å². The first-order valence-electron chi connectivity index (χ1n) is 3.75. The maximum atomic E-state index is 11.2. The van der Waals surface area contributed by atoms with Gasteiger partial charge in [-0.05, 0) is 6.07 Å². The van der Waals surface area contributed by atoms with Gasteiger partial charge < -0.3 is 10.7 Å². The van der Waals surface area contributed by atoms with Crippen LogP contribution in [0.5, 0.6) is 0 Å². The molecule has 2 heterocycles. The van der Waals surface area contributed by atoms with Gasteiger partial charge in [-0.2, -0.15) is 0 Å². The van der Waals surface area contributed by atoms with Crippen molar-refractivity contribution >= 4 is 5.69 Å². The highest BCUT2D eigenvalue weighted by atomic mass is 16.1. The number of nitrogens with two attached hydrogens (primary N) is 1. The van der Waals surface area contributed by atoms with E-state index in [9.17, 15) is 4.79 Å². The second-order valence-electron chi connectivity index (χ2n) is 2.57. The number of hydrogen-bond donors (Lipinski definition) is 2. The zero-order chi connectivity index (χ0) is 9.26. The van der Waals surface area contributed by atoms with Crippen molar-refractivity contribution in [3.63, 3.8) is 0 Å². The standard InChI is InChI=1S/C8H8N4O/c9-6-5-10-2-1-7(6)12-4-3-11-8(12)13/h1-5H,9H2,(H,11,13). The predicted octanol–water partition coefficient (Wildman–Crippen LogP) is 0.143. The molecule has 0 radical (unpaired) electrons. The molecule has 0 saturated carbocycles. The maximum Gasteiger partial charge on any atom is 0.330 e. The van der Waals surface area contributed by atoms with Crippen LogP contribution in [0.3, 0.4) is 0 Å². The molecule has 2 aromatic heterocycles. The van der Waals surface area contributed by atoms with Crippen LogP contribution < -0.4 is 11.4 Å². The summed E-state index contributed by atoms with van der Waals surface area (Å²) in [5, 5.41) is 0. The second kappa shape index (κ2) is 2.78. The topological polar surface area (TPSA) is 76.7 Å². The van der Waals surface area contributed by atoms with Crippen molar-refractivity contribution in [1.29, 1.82) is 0 Å². The molecule has 5 nitrogen and oxygen atoms in total. The first kappa shape index (κ1) is 7.60. The van der Waals surface area contributed by atoms with Crippen LogP contribution in [-0.4, -0.2) is 14.5 Å². The van der Waals surface area contributed by atoms with Gasteiger partial charge in [-0.25, -0.2) is 4.79 Å². The Morgan fingerprint density at radius 2 is 2.38 bits per heavy atom. The van der Waals surface area contributed by atoms with Crippen LogP contribution >= 0.6 is 0 Å². The summed E-state index contributed by atoms with van der Waals surface area (Å²) in [5.74, 6) is 0. The minimum Gasteiger partial charge on any atom is -0.396 e. The summed E-state index contributed by atoms with van der Waals surface area (Å²) < 4.78 is 1.43. The summed E-state index contributed by atoms with van der Waals surface area (Å²) in [6.07, 6.45) is 6.27. The molecular formula is C8H8N4O. The molecule has 0 fully saturated rings. The molecule has 2 aromatic rings. The number of nitrogens with one attached hydrogen (secondary N) is 1. The smallest absolute Gasteiger partial charge is 0.330 e. The number of nitrogen functional groups attached to an aromatic ring is 1. The number of hydrogen-bond acceptors (Lipinski definition) is 3. The lowest BCUT2D eigenvalue weighted by Gasteiger charge is -2.02. The van der Waals surface area contributed by atoms with Gasteiger partial charge in [0.25, 0.3) is 0 Å². The SMILES string of the molecule is Nc1cnccc1-n1cc[nH]c1=O. The Morgan fingerprint density at radius 1 is 1.54 bits per heavy atom. The largest absolute Gasteiger partial charge is 0.396 e. The normalized spacial score (nSPS) is 10.2. The van der Waals surface area contributed by atoms with Crippen molar-refractivity contribution < 1.29 is 0 Å². The molecule has 0 unspecified atom stereocenters. The molecule has 0 amide bonds. The van der Waals surface area contributed by atoms with E-state index in [0.717, 1.165) is 0 Å². The molecule has 0 aliphatic carbocycles. The summed E-state index contributed by atoms with van der Waals surface area (Å²) in [7, 11) is 0. The quantitative estimate of drug-likeness (QED) is 0.649.